The molecule has 2 saturated heterocycles. The van der Waals surface area contributed by atoms with Crippen LogP contribution in [0.1, 0.15) is 0 Å². The van der Waals surface area contributed by atoms with Gasteiger partial charge in [0.2, 0.25) is 29.8 Å². The Morgan fingerprint density at radius 1 is 0.644 bits per heavy atom. The van der Waals surface area contributed by atoms with Crippen molar-refractivity contribution < 1.29 is 84.6 Å². The molecule has 246 valence electrons. The molecule has 0 radical (unpaired) electrons. The molecular formula is C27H30O18. The molecule has 0 saturated carbocycles. The predicted molar refractivity (Wildman–Crippen MR) is 143 cm³/mol. The number of aromatic hydroxyl groups is 4. The van der Waals surface area contributed by atoms with E-state index in [2.05, 4.69) is 0 Å². The molecule has 18 nitrogen and oxygen atoms in total. The summed E-state index contributed by atoms with van der Waals surface area (Å²) in [6.45, 7) is -1.71. The molecule has 2 aromatic carbocycles. The van der Waals surface area contributed by atoms with Gasteiger partial charge in [0.15, 0.2) is 28.3 Å². The van der Waals surface area contributed by atoms with Crippen molar-refractivity contribution in [2.75, 3.05) is 13.2 Å². The van der Waals surface area contributed by atoms with Gasteiger partial charge >= 0.3 is 0 Å². The van der Waals surface area contributed by atoms with Crippen molar-refractivity contribution in [3.63, 3.8) is 0 Å². The number of phenolic OH excluding ortho intramolecular Hbond substituents is 4. The minimum atomic E-state index is -2.04. The lowest BCUT2D eigenvalue weighted by Crippen LogP contribution is -2.60. The first-order valence-electron chi connectivity index (χ1n) is 13.3. The number of benzene rings is 2. The van der Waals surface area contributed by atoms with Crippen LogP contribution in [0.15, 0.2) is 33.5 Å². The summed E-state index contributed by atoms with van der Waals surface area (Å²) in [6, 6.07) is 4.19. The Hall–Kier alpha value is -3.95. The van der Waals surface area contributed by atoms with E-state index in [0.717, 1.165) is 18.2 Å². The number of hydrogen-bond donors (Lipinski definition) is 12. The second kappa shape index (κ2) is 12.4. The van der Waals surface area contributed by atoms with Gasteiger partial charge in [0.25, 0.3) is 0 Å². The Bertz CT molecular complexity index is 1600. The van der Waals surface area contributed by atoms with Crippen LogP contribution in [-0.4, -0.2) is 136 Å². The molecule has 45 heavy (non-hydrogen) atoms. The fourth-order valence-corrected chi connectivity index (χ4v) is 4.92. The average molecular weight is 643 g/mol. The van der Waals surface area contributed by atoms with E-state index < -0.39 is 126 Å². The number of hydrogen-bond acceptors (Lipinski definition) is 18. The van der Waals surface area contributed by atoms with Gasteiger partial charge in [0.1, 0.15) is 60.0 Å². The van der Waals surface area contributed by atoms with Gasteiger partial charge in [-0.05, 0) is 18.2 Å². The highest BCUT2D eigenvalue weighted by Crippen LogP contribution is 2.51. The van der Waals surface area contributed by atoms with E-state index in [1.54, 1.807) is 0 Å². The maximum absolute atomic E-state index is 13.4. The molecule has 10 atom stereocenters. The van der Waals surface area contributed by atoms with E-state index in [0.29, 0.717) is 0 Å². The van der Waals surface area contributed by atoms with Crippen LogP contribution in [0.5, 0.6) is 34.5 Å². The van der Waals surface area contributed by atoms with Gasteiger partial charge in [0, 0.05) is 11.6 Å². The summed E-state index contributed by atoms with van der Waals surface area (Å²) in [6.07, 6.45) is -18.5. The lowest BCUT2D eigenvalue weighted by Gasteiger charge is -2.40. The molecule has 5 rings (SSSR count). The van der Waals surface area contributed by atoms with Crippen LogP contribution in [0.25, 0.3) is 22.3 Å². The van der Waals surface area contributed by atoms with E-state index in [1.807, 2.05) is 0 Å². The van der Waals surface area contributed by atoms with Crippen LogP contribution in [0.4, 0.5) is 0 Å². The van der Waals surface area contributed by atoms with Crippen LogP contribution in [0, 0.1) is 0 Å². The van der Waals surface area contributed by atoms with Gasteiger partial charge in [-0.2, -0.15) is 0 Å². The minimum Gasteiger partial charge on any atom is -0.504 e. The third-order valence-electron chi connectivity index (χ3n) is 7.46. The Morgan fingerprint density at radius 3 is 1.69 bits per heavy atom. The van der Waals surface area contributed by atoms with Crippen molar-refractivity contribution >= 4 is 11.0 Å². The number of fused-ring (bicyclic) bond motifs is 1. The van der Waals surface area contributed by atoms with E-state index in [-0.39, 0.29) is 11.3 Å². The number of aliphatic hydroxyl groups is 8. The van der Waals surface area contributed by atoms with Gasteiger partial charge in [-0.15, -0.1) is 0 Å². The fraction of sp³-hybridized carbons (Fsp3) is 0.444. The highest BCUT2D eigenvalue weighted by molar-refractivity contribution is 5.95. The van der Waals surface area contributed by atoms with E-state index >= 15 is 0 Å². The van der Waals surface area contributed by atoms with Crippen LogP contribution in [0.3, 0.4) is 0 Å². The summed E-state index contributed by atoms with van der Waals surface area (Å²) in [5.41, 5.74) is -1.73. The first-order chi connectivity index (χ1) is 21.3. The van der Waals surface area contributed by atoms with Crippen molar-refractivity contribution in [3.05, 3.63) is 34.5 Å². The maximum atomic E-state index is 13.4. The largest absolute Gasteiger partial charge is 0.504 e. The van der Waals surface area contributed by atoms with E-state index in [9.17, 15) is 66.1 Å². The van der Waals surface area contributed by atoms with Crippen molar-refractivity contribution in [1.82, 2.24) is 0 Å². The quantitative estimate of drug-likeness (QED) is 0.112. The Morgan fingerprint density at radius 2 is 1.18 bits per heavy atom. The molecular weight excluding hydrogens is 612 g/mol. The van der Waals surface area contributed by atoms with Crippen LogP contribution in [0.2, 0.25) is 0 Å². The fourth-order valence-electron chi connectivity index (χ4n) is 4.92. The first-order valence-corrected chi connectivity index (χ1v) is 13.3. The summed E-state index contributed by atoms with van der Waals surface area (Å²) in [4.78, 5) is 13.4. The van der Waals surface area contributed by atoms with E-state index in [4.69, 9.17) is 23.4 Å². The first kappa shape index (κ1) is 32.4. The molecule has 18 heteroatoms. The van der Waals surface area contributed by atoms with Gasteiger partial charge in [-0.1, -0.05) is 0 Å². The number of aliphatic hydroxyl groups excluding tert-OH is 8. The number of ether oxygens (including phenoxy) is 4. The number of rotatable bonds is 7. The summed E-state index contributed by atoms with van der Waals surface area (Å²) >= 11 is 0. The molecule has 0 spiro atoms. The normalized spacial score (nSPS) is 32.0. The predicted octanol–water partition coefficient (Wildman–Crippen LogP) is -3.36. The third kappa shape index (κ3) is 5.68. The maximum Gasteiger partial charge on any atom is 0.229 e. The standard InChI is InChI=1S/C27H30O18/c28-5-12-15(33)18(36)20(38)26(42-12)44-24-17(35)14-10(32)4-11(7-1-2-8(30)9(31)3-7)41-23(14)25(22(24)40)45-27-21(39)19(37)16(34)13(6-29)43-27/h1-4,12-13,15-16,18-21,26-31,33-40H,5-6H2/t12-,13-,15-,16-,18-,19-,20-,21-,26+,27-/m1/s1. The molecule has 2 aliphatic rings. The summed E-state index contributed by atoms with van der Waals surface area (Å²) < 4.78 is 27.3. The Balaban J connectivity index is 1.68. The molecule has 0 bridgehead atoms. The smallest absolute Gasteiger partial charge is 0.229 e. The zero-order chi connectivity index (χ0) is 32.9. The van der Waals surface area contributed by atoms with Gasteiger partial charge in [-0.3, -0.25) is 4.79 Å². The third-order valence-corrected chi connectivity index (χ3v) is 7.46. The lowest BCUT2D eigenvalue weighted by atomic mass is 9.99. The average Bonchev–Trinajstić information content (AvgIpc) is 3.01. The second-order valence-corrected chi connectivity index (χ2v) is 10.4. The molecule has 3 heterocycles. The van der Waals surface area contributed by atoms with Gasteiger partial charge < -0.3 is 84.6 Å². The van der Waals surface area contributed by atoms with Crippen LogP contribution in [-0.2, 0) is 9.47 Å². The highest BCUT2D eigenvalue weighted by atomic mass is 16.7. The monoisotopic (exact) mass is 642 g/mol. The van der Waals surface area contributed by atoms with Gasteiger partial charge in [-0.25, -0.2) is 0 Å². The van der Waals surface area contributed by atoms with E-state index in [1.165, 1.54) is 6.07 Å². The lowest BCUT2D eigenvalue weighted by molar-refractivity contribution is -0.279. The topological polar surface area (TPSA) is 310 Å². The molecule has 12 N–H and O–H groups in total. The van der Waals surface area contributed by atoms with Crippen LogP contribution < -0.4 is 14.9 Å². The summed E-state index contributed by atoms with van der Waals surface area (Å²) in [7, 11) is 0. The Labute approximate surface area is 250 Å². The SMILES string of the molecule is O=c1cc(-c2ccc(O)c(O)c2)oc2c(O[C@H]3O[C@H](CO)[C@@H](O)[C@@H](O)[C@H]3O)c(O)c(O[C@@H]3O[C@H](CO)[C@@H](O)[C@@H](O)[C@H]3O)c(O)c12. The second-order valence-electron chi connectivity index (χ2n) is 10.4. The van der Waals surface area contributed by atoms with Crippen molar-refractivity contribution in [1.29, 1.82) is 0 Å². The Kier molecular flexibility index (Phi) is 8.97. The highest BCUT2D eigenvalue weighted by Gasteiger charge is 2.47. The van der Waals surface area contributed by atoms with Crippen molar-refractivity contribution in [3.8, 4) is 45.8 Å². The molecule has 1 aromatic heterocycles. The van der Waals surface area contributed by atoms with Gasteiger partial charge in [0.05, 0.1) is 13.2 Å². The zero-order valence-electron chi connectivity index (χ0n) is 22.8. The molecule has 0 aliphatic carbocycles. The molecule has 0 unspecified atom stereocenters. The summed E-state index contributed by atoms with van der Waals surface area (Å²) in [5.74, 6) is -5.62. The minimum absolute atomic E-state index is 0.0173. The van der Waals surface area contributed by atoms with Crippen molar-refractivity contribution in [2.24, 2.45) is 0 Å². The molecule has 2 aliphatic heterocycles. The molecule has 3 aromatic rings. The molecule has 0 amide bonds. The number of phenols is 4. The van der Waals surface area contributed by atoms with Crippen LogP contribution >= 0.6 is 0 Å². The molecule has 2 fully saturated rings. The zero-order valence-corrected chi connectivity index (χ0v) is 22.8. The summed E-state index contributed by atoms with van der Waals surface area (Å²) in [5, 5.41) is 122. The van der Waals surface area contributed by atoms with Crippen molar-refractivity contribution in [2.45, 2.75) is 61.4 Å².